The molecule has 1 aliphatic rings. The average molecular weight is 354 g/mol. The van der Waals surface area contributed by atoms with E-state index >= 15 is 0 Å². The smallest absolute Gasteiger partial charge is 0.241 e. The monoisotopic (exact) mass is 353 g/mol. The van der Waals surface area contributed by atoms with E-state index in [-0.39, 0.29) is 24.2 Å². The Morgan fingerprint density at radius 2 is 2.17 bits per heavy atom. The minimum atomic E-state index is -0.493. The second-order valence-corrected chi connectivity index (χ2v) is 6.28. The highest BCUT2D eigenvalue weighted by Crippen LogP contribution is 2.25. The molecule has 1 aliphatic heterocycles. The number of hydrogen-bond donors (Lipinski definition) is 2. The number of amides is 1. The van der Waals surface area contributed by atoms with Crippen LogP contribution in [0.1, 0.15) is 12.8 Å². The molecule has 0 saturated carbocycles. The maximum absolute atomic E-state index is 12.3. The number of carbonyl (C=O) groups excluding carboxylic acids is 1. The van der Waals surface area contributed by atoms with E-state index in [1.165, 1.54) is 0 Å². The number of aromatic nitrogens is 1. The van der Waals surface area contributed by atoms with Crippen LogP contribution in [0.4, 0.5) is 5.69 Å². The molecule has 0 spiro atoms. The minimum Gasteiger partial charge on any atom is -0.381 e. The minimum absolute atomic E-state index is 0. The van der Waals surface area contributed by atoms with Crippen LogP contribution in [-0.2, 0) is 9.53 Å². The molecule has 1 unspecified atom stereocenters. The van der Waals surface area contributed by atoms with Crippen LogP contribution in [0.3, 0.4) is 0 Å². The molecule has 7 heteroatoms. The molecule has 1 saturated heterocycles. The fourth-order valence-electron chi connectivity index (χ4n) is 2.61. The Hall–Kier alpha value is -1.47. The van der Waals surface area contributed by atoms with Crippen LogP contribution >= 0.6 is 23.7 Å². The second-order valence-electron chi connectivity index (χ2n) is 5.38. The first-order valence-electron chi connectivity index (χ1n) is 7.38. The number of anilines is 1. The molecular formula is C16H20ClN3O2S. The number of thiazole rings is 1. The lowest BCUT2D eigenvalue weighted by atomic mass is 9.92. The second kappa shape index (κ2) is 8.40. The number of ether oxygens (including phenoxy) is 1. The van der Waals surface area contributed by atoms with Gasteiger partial charge in [0, 0.05) is 36.0 Å². The Morgan fingerprint density at radius 1 is 1.39 bits per heavy atom. The van der Waals surface area contributed by atoms with Crippen molar-refractivity contribution in [2.45, 2.75) is 18.9 Å². The zero-order valence-electron chi connectivity index (χ0n) is 12.6. The molecule has 0 aliphatic carbocycles. The van der Waals surface area contributed by atoms with Crippen molar-refractivity contribution in [3.8, 4) is 10.6 Å². The van der Waals surface area contributed by atoms with E-state index in [1.807, 2.05) is 29.6 Å². The Bertz CT molecular complexity index is 630. The number of hydrogen-bond acceptors (Lipinski definition) is 5. The molecule has 23 heavy (non-hydrogen) atoms. The highest BCUT2D eigenvalue weighted by Gasteiger charge is 2.26. The average Bonchev–Trinajstić information content (AvgIpc) is 3.10. The number of benzene rings is 1. The highest BCUT2D eigenvalue weighted by atomic mass is 35.5. The maximum Gasteiger partial charge on any atom is 0.241 e. The third-order valence-electron chi connectivity index (χ3n) is 3.89. The van der Waals surface area contributed by atoms with Gasteiger partial charge in [-0.05, 0) is 30.9 Å². The Kier molecular flexibility index (Phi) is 6.53. The summed E-state index contributed by atoms with van der Waals surface area (Å²) in [5.41, 5.74) is 7.84. The first-order valence-corrected chi connectivity index (χ1v) is 8.26. The zero-order valence-corrected chi connectivity index (χ0v) is 14.2. The van der Waals surface area contributed by atoms with Gasteiger partial charge < -0.3 is 15.8 Å². The van der Waals surface area contributed by atoms with Gasteiger partial charge in [0.25, 0.3) is 0 Å². The van der Waals surface area contributed by atoms with Crippen molar-refractivity contribution in [3.05, 3.63) is 35.8 Å². The fraction of sp³-hybridized carbons (Fsp3) is 0.375. The third-order valence-corrected chi connectivity index (χ3v) is 4.71. The van der Waals surface area contributed by atoms with Gasteiger partial charge in [-0.1, -0.05) is 12.1 Å². The molecular weight excluding hydrogens is 334 g/mol. The lowest BCUT2D eigenvalue weighted by Crippen LogP contribution is -2.44. The first kappa shape index (κ1) is 17.9. The molecule has 0 bridgehead atoms. The predicted octanol–water partition coefficient (Wildman–Crippen LogP) is 2.92. The van der Waals surface area contributed by atoms with Crippen molar-refractivity contribution >= 4 is 35.3 Å². The lowest BCUT2D eigenvalue weighted by Gasteiger charge is -2.26. The molecule has 3 N–H and O–H groups in total. The van der Waals surface area contributed by atoms with Gasteiger partial charge in [0.15, 0.2) is 0 Å². The largest absolute Gasteiger partial charge is 0.381 e. The van der Waals surface area contributed by atoms with Crippen molar-refractivity contribution in [2.24, 2.45) is 11.7 Å². The molecule has 2 aromatic rings. The van der Waals surface area contributed by atoms with Gasteiger partial charge in [0.05, 0.1) is 6.04 Å². The van der Waals surface area contributed by atoms with E-state index < -0.39 is 6.04 Å². The van der Waals surface area contributed by atoms with Crippen molar-refractivity contribution in [1.82, 2.24) is 4.98 Å². The number of nitrogens with zero attached hydrogens (tertiary/aromatic N) is 1. The van der Waals surface area contributed by atoms with Crippen molar-refractivity contribution in [2.75, 3.05) is 18.5 Å². The van der Waals surface area contributed by atoms with Gasteiger partial charge in [-0.25, -0.2) is 4.98 Å². The standard InChI is InChI=1S/C16H19N3O2S.ClH/c17-14(11-4-7-21-8-5-11)15(20)19-13-3-1-2-12(10-13)16-18-6-9-22-16;/h1-3,6,9-11,14H,4-5,7-8,17H2,(H,19,20);1H. The van der Waals surface area contributed by atoms with Crippen molar-refractivity contribution in [1.29, 1.82) is 0 Å². The number of nitrogens with two attached hydrogens (primary N) is 1. The molecule has 2 heterocycles. The molecule has 3 rings (SSSR count). The van der Waals surface area contributed by atoms with Gasteiger partial charge in [0.1, 0.15) is 5.01 Å². The number of carbonyl (C=O) groups is 1. The van der Waals surface area contributed by atoms with Crippen LogP contribution in [0.15, 0.2) is 35.8 Å². The van der Waals surface area contributed by atoms with Crippen LogP contribution in [-0.4, -0.2) is 30.1 Å². The van der Waals surface area contributed by atoms with E-state index in [0.29, 0.717) is 13.2 Å². The van der Waals surface area contributed by atoms with Gasteiger partial charge in [-0.15, -0.1) is 23.7 Å². The summed E-state index contributed by atoms with van der Waals surface area (Å²) in [5, 5.41) is 5.78. The Morgan fingerprint density at radius 3 is 2.87 bits per heavy atom. The van der Waals surface area contributed by atoms with E-state index in [1.54, 1.807) is 17.5 Å². The Labute approximate surface area is 145 Å². The van der Waals surface area contributed by atoms with Crippen LogP contribution in [0, 0.1) is 5.92 Å². The topological polar surface area (TPSA) is 77.2 Å². The summed E-state index contributed by atoms with van der Waals surface area (Å²) in [7, 11) is 0. The highest BCUT2D eigenvalue weighted by molar-refractivity contribution is 7.13. The van der Waals surface area contributed by atoms with Crippen LogP contribution in [0.25, 0.3) is 10.6 Å². The van der Waals surface area contributed by atoms with Gasteiger partial charge in [-0.2, -0.15) is 0 Å². The molecule has 5 nitrogen and oxygen atoms in total. The van der Waals surface area contributed by atoms with Gasteiger partial charge in [0.2, 0.25) is 5.91 Å². The fourth-order valence-corrected chi connectivity index (χ4v) is 3.25. The number of rotatable bonds is 4. The van der Waals surface area contributed by atoms with Gasteiger partial charge >= 0.3 is 0 Å². The molecule has 1 amide bonds. The van der Waals surface area contributed by atoms with E-state index in [0.717, 1.165) is 29.1 Å². The summed E-state index contributed by atoms with van der Waals surface area (Å²) in [6.45, 7) is 1.37. The molecule has 1 aromatic heterocycles. The predicted molar refractivity (Wildman–Crippen MR) is 94.9 cm³/mol. The molecule has 124 valence electrons. The summed E-state index contributed by atoms with van der Waals surface area (Å²) >= 11 is 1.57. The molecule has 1 aromatic carbocycles. The molecule has 0 radical (unpaired) electrons. The quantitative estimate of drug-likeness (QED) is 0.886. The van der Waals surface area contributed by atoms with E-state index in [2.05, 4.69) is 10.3 Å². The first-order chi connectivity index (χ1) is 10.7. The van der Waals surface area contributed by atoms with E-state index in [4.69, 9.17) is 10.5 Å². The summed E-state index contributed by atoms with van der Waals surface area (Å²) in [6, 6.07) is 7.19. The lowest BCUT2D eigenvalue weighted by molar-refractivity contribution is -0.119. The summed E-state index contributed by atoms with van der Waals surface area (Å²) in [6.07, 6.45) is 3.45. The Balaban J connectivity index is 0.00000192. The molecule has 1 atom stereocenters. The summed E-state index contributed by atoms with van der Waals surface area (Å²) < 4.78 is 5.31. The summed E-state index contributed by atoms with van der Waals surface area (Å²) in [5.74, 6) is 0.0547. The number of halogens is 1. The number of nitrogens with one attached hydrogen (secondary N) is 1. The zero-order chi connectivity index (χ0) is 15.4. The van der Waals surface area contributed by atoms with E-state index in [9.17, 15) is 4.79 Å². The van der Waals surface area contributed by atoms with Crippen molar-refractivity contribution < 1.29 is 9.53 Å². The SMILES string of the molecule is Cl.NC(C(=O)Nc1cccc(-c2nccs2)c1)C1CCOCC1. The maximum atomic E-state index is 12.3. The normalized spacial score (nSPS) is 16.4. The molecule has 1 fully saturated rings. The summed E-state index contributed by atoms with van der Waals surface area (Å²) in [4.78, 5) is 16.6. The van der Waals surface area contributed by atoms with Crippen LogP contribution in [0.5, 0.6) is 0 Å². The van der Waals surface area contributed by atoms with Crippen LogP contribution in [0.2, 0.25) is 0 Å². The van der Waals surface area contributed by atoms with Crippen LogP contribution < -0.4 is 11.1 Å². The third kappa shape index (κ3) is 4.51. The van der Waals surface area contributed by atoms with Crippen molar-refractivity contribution in [3.63, 3.8) is 0 Å². The van der Waals surface area contributed by atoms with Gasteiger partial charge in [-0.3, -0.25) is 4.79 Å².